The largest absolute Gasteiger partial charge is 0.496 e. The number of piperidine rings is 1. The fourth-order valence-electron chi connectivity index (χ4n) is 2.60. The summed E-state index contributed by atoms with van der Waals surface area (Å²) in [6.45, 7) is 3.43. The predicted octanol–water partition coefficient (Wildman–Crippen LogP) is 2.68. The van der Waals surface area contributed by atoms with Crippen molar-refractivity contribution in [3.63, 3.8) is 0 Å². The number of likely N-dealkylation sites (N-methyl/N-ethyl adjacent to an activating group) is 1. The van der Waals surface area contributed by atoms with E-state index >= 15 is 0 Å². The van der Waals surface area contributed by atoms with E-state index in [2.05, 4.69) is 45.3 Å². The molecule has 0 spiro atoms. The first kappa shape index (κ1) is 14.8. The molecule has 0 radical (unpaired) electrons. The minimum absolute atomic E-state index is 0.739. The maximum absolute atomic E-state index is 5.26. The van der Waals surface area contributed by atoms with Crippen LogP contribution in [-0.2, 0) is 6.42 Å². The zero-order valence-corrected chi connectivity index (χ0v) is 13.4. The summed E-state index contributed by atoms with van der Waals surface area (Å²) in [6.07, 6.45) is 3.62. The second-order valence-corrected chi connectivity index (χ2v) is 6.04. The SMILES string of the molecule is COc1ccc(CCN(C)C2CCNCC2)cc1Br. The molecule has 1 aromatic carbocycles. The number of halogens is 1. The van der Waals surface area contributed by atoms with Crippen LogP contribution in [0, 0.1) is 0 Å². The third-order valence-electron chi connectivity index (χ3n) is 3.90. The lowest BCUT2D eigenvalue weighted by Crippen LogP contribution is -2.41. The summed E-state index contributed by atoms with van der Waals surface area (Å²) in [7, 11) is 3.94. The maximum Gasteiger partial charge on any atom is 0.133 e. The fraction of sp³-hybridized carbons (Fsp3) is 0.600. The van der Waals surface area contributed by atoms with E-state index in [1.54, 1.807) is 7.11 Å². The van der Waals surface area contributed by atoms with Crippen LogP contribution in [0.5, 0.6) is 5.75 Å². The highest BCUT2D eigenvalue weighted by Crippen LogP contribution is 2.25. The molecule has 0 atom stereocenters. The molecule has 3 nitrogen and oxygen atoms in total. The molecular weight excluding hydrogens is 304 g/mol. The molecule has 1 fully saturated rings. The van der Waals surface area contributed by atoms with Crippen molar-refractivity contribution in [2.24, 2.45) is 0 Å². The van der Waals surface area contributed by atoms with Crippen molar-refractivity contribution in [1.29, 1.82) is 0 Å². The van der Waals surface area contributed by atoms with Gasteiger partial charge in [-0.3, -0.25) is 0 Å². The Bertz CT molecular complexity index is 405. The molecule has 1 aliphatic heterocycles. The van der Waals surface area contributed by atoms with Crippen LogP contribution >= 0.6 is 15.9 Å². The lowest BCUT2D eigenvalue weighted by molar-refractivity contribution is 0.201. The smallest absolute Gasteiger partial charge is 0.133 e. The van der Waals surface area contributed by atoms with Crippen molar-refractivity contribution < 1.29 is 4.74 Å². The molecule has 4 heteroatoms. The van der Waals surface area contributed by atoms with Gasteiger partial charge in [0.1, 0.15) is 5.75 Å². The number of ether oxygens (including phenoxy) is 1. The van der Waals surface area contributed by atoms with Crippen molar-refractivity contribution in [3.05, 3.63) is 28.2 Å². The highest BCUT2D eigenvalue weighted by molar-refractivity contribution is 9.10. The number of benzene rings is 1. The van der Waals surface area contributed by atoms with Gasteiger partial charge in [0.25, 0.3) is 0 Å². The Hall–Kier alpha value is -0.580. The molecule has 0 bridgehead atoms. The minimum Gasteiger partial charge on any atom is -0.496 e. The van der Waals surface area contributed by atoms with E-state index in [0.717, 1.165) is 42.3 Å². The minimum atomic E-state index is 0.739. The van der Waals surface area contributed by atoms with Gasteiger partial charge in [0.05, 0.1) is 11.6 Å². The van der Waals surface area contributed by atoms with E-state index < -0.39 is 0 Å². The number of rotatable bonds is 5. The monoisotopic (exact) mass is 326 g/mol. The molecule has 1 N–H and O–H groups in total. The van der Waals surface area contributed by atoms with Gasteiger partial charge in [-0.15, -0.1) is 0 Å². The Morgan fingerprint density at radius 3 is 2.74 bits per heavy atom. The molecule has 1 aliphatic rings. The quantitative estimate of drug-likeness (QED) is 0.900. The predicted molar refractivity (Wildman–Crippen MR) is 82.9 cm³/mol. The lowest BCUT2D eigenvalue weighted by atomic mass is 10.0. The molecule has 2 rings (SSSR count). The van der Waals surface area contributed by atoms with Gasteiger partial charge >= 0.3 is 0 Å². The highest BCUT2D eigenvalue weighted by atomic mass is 79.9. The van der Waals surface area contributed by atoms with Crippen LogP contribution in [0.15, 0.2) is 22.7 Å². The number of hydrogen-bond acceptors (Lipinski definition) is 3. The van der Waals surface area contributed by atoms with Gasteiger partial charge in [-0.2, -0.15) is 0 Å². The first-order valence-electron chi connectivity index (χ1n) is 6.94. The average molecular weight is 327 g/mol. The molecule has 1 aromatic rings. The van der Waals surface area contributed by atoms with E-state index in [1.165, 1.54) is 18.4 Å². The van der Waals surface area contributed by atoms with Crippen LogP contribution in [0.2, 0.25) is 0 Å². The van der Waals surface area contributed by atoms with Crippen LogP contribution in [0.25, 0.3) is 0 Å². The topological polar surface area (TPSA) is 24.5 Å². The van der Waals surface area contributed by atoms with E-state index in [9.17, 15) is 0 Å². The first-order chi connectivity index (χ1) is 9.20. The molecule has 0 amide bonds. The molecule has 1 heterocycles. The zero-order chi connectivity index (χ0) is 13.7. The first-order valence-corrected chi connectivity index (χ1v) is 7.73. The van der Waals surface area contributed by atoms with Gasteiger partial charge in [0, 0.05) is 12.6 Å². The molecule has 0 unspecified atom stereocenters. The molecule has 106 valence electrons. The molecule has 1 saturated heterocycles. The Morgan fingerprint density at radius 1 is 1.37 bits per heavy atom. The summed E-state index contributed by atoms with van der Waals surface area (Å²) in [5, 5.41) is 3.42. The molecule has 19 heavy (non-hydrogen) atoms. The van der Waals surface area contributed by atoms with Crippen molar-refractivity contribution in [2.75, 3.05) is 33.8 Å². The van der Waals surface area contributed by atoms with E-state index in [-0.39, 0.29) is 0 Å². The summed E-state index contributed by atoms with van der Waals surface area (Å²) in [5.41, 5.74) is 1.36. The van der Waals surface area contributed by atoms with Gasteiger partial charge in [0.15, 0.2) is 0 Å². The summed E-state index contributed by atoms with van der Waals surface area (Å²) in [4.78, 5) is 2.50. The van der Waals surface area contributed by atoms with Crippen LogP contribution in [0.1, 0.15) is 18.4 Å². The second-order valence-electron chi connectivity index (χ2n) is 5.18. The van der Waals surface area contributed by atoms with E-state index in [0.29, 0.717) is 0 Å². The Kier molecular flexibility index (Phi) is 5.67. The van der Waals surface area contributed by atoms with Gasteiger partial charge in [0.2, 0.25) is 0 Å². The third kappa shape index (κ3) is 4.20. The van der Waals surface area contributed by atoms with Crippen LogP contribution in [0.3, 0.4) is 0 Å². The second kappa shape index (κ2) is 7.27. The number of methoxy groups -OCH3 is 1. The van der Waals surface area contributed by atoms with E-state index in [1.807, 2.05) is 6.07 Å². The van der Waals surface area contributed by atoms with Crippen LogP contribution in [0.4, 0.5) is 0 Å². The summed E-state index contributed by atoms with van der Waals surface area (Å²) in [6, 6.07) is 7.08. The molecule has 0 aliphatic carbocycles. The van der Waals surface area contributed by atoms with Crippen LogP contribution < -0.4 is 10.1 Å². The average Bonchev–Trinajstić information content (AvgIpc) is 2.46. The van der Waals surface area contributed by atoms with Crippen molar-refractivity contribution in [2.45, 2.75) is 25.3 Å². The number of nitrogens with zero attached hydrogens (tertiary/aromatic N) is 1. The number of hydrogen-bond donors (Lipinski definition) is 1. The fourth-order valence-corrected chi connectivity index (χ4v) is 3.19. The van der Waals surface area contributed by atoms with Gasteiger partial charge in [-0.25, -0.2) is 0 Å². The summed E-state index contributed by atoms with van der Waals surface area (Å²) in [5.74, 6) is 0.899. The van der Waals surface area contributed by atoms with Crippen molar-refractivity contribution >= 4 is 15.9 Å². The maximum atomic E-state index is 5.26. The number of nitrogens with one attached hydrogen (secondary N) is 1. The Labute approximate surface area is 124 Å². The van der Waals surface area contributed by atoms with Crippen molar-refractivity contribution in [3.8, 4) is 5.75 Å². The Balaban J connectivity index is 1.85. The summed E-state index contributed by atoms with van der Waals surface area (Å²) >= 11 is 3.54. The lowest BCUT2D eigenvalue weighted by Gasteiger charge is -2.31. The normalized spacial score (nSPS) is 16.8. The van der Waals surface area contributed by atoms with E-state index in [4.69, 9.17) is 4.74 Å². The highest BCUT2D eigenvalue weighted by Gasteiger charge is 2.17. The van der Waals surface area contributed by atoms with Gasteiger partial charge in [-0.1, -0.05) is 6.07 Å². The van der Waals surface area contributed by atoms with Crippen molar-refractivity contribution in [1.82, 2.24) is 10.2 Å². The Morgan fingerprint density at radius 2 is 2.11 bits per heavy atom. The van der Waals surface area contributed by atoms with Crippen LogP contribution in [-0.4, -0.2) is 44.7 Å². The van der Waals surface area contributed by atoms with Gasteiger partial charge in [-0.05, 0) is 73.0 Å². The molecular formula is C15H23BrN2O. The molecule has 0 saturated carbocycles. The standard InChI is InChI=1S/C15H23BrN2O/c1-18(13-5-8-17-9-6-13)10-7-12-3-4-15(19-2)14(16)11-12/h3-4,11,13,17H,5-10H2,1-2H3. The zero-order valence-electron chi connectivity index (χ0n) is 11.8. The molecule has 0 aromatic heterocycles. The van der Waals surface area contributed by atoms with Gasteiger partial charge < -0.3 is 15.0 Å². The third-order valence-corrected chi connectivity index (χ3v) is 4.52. The summed E-state index contributed by atoms with van der Waals surface area (Å²) < 4.78 is 6.30.